The van der Waals surface area contributed by atoms with Gasteiger partial charge in [0.05, 0.1) is 35.6 Å². The number of fused-ring (bicyclic) bond motifs is 15. The van der Waals surface area contributed by atoms with E-state index in [0.29, 0.717) is 49.7 Å². The number of hydrogen-bond donors (Lipinski definition) is 0. The van der Waals surface area contributed by atoms with Crippen molar-refractivity contribution in [1.29, 1.82) is 0 Å². The van der Waals surface area contributed by atoms with Crippen LogP contribution >= 0.6 is 0 Å². The zero-order chi connectivity index (χ0) is 90.1. The smallest absolute Gasteiger partial charge is 0.0622 e. The molecule has 0 N–H and O–H groups in total. The number of benzene rings is 21. The van der Waals surface area contributed by atoms with E-state index in [0.717, 1.165) is 75.6 Å². The summed E-state index contributed by atoms with van der Waals surface area (Å²) < 4.78 is 226. The van der Waals surface area contributed by atoms with Crippen LogP contribution in [0.15, 0.2) is 400 Å². The molecule has 474 valence electrons. The van der Waals surface area contributed by atoms with Crippen molar-refractivity contribution in [3.63, 3.8) is 0 Å². The largest absolute Gasteiger partial charge is 0.0629 e. The van der Waals surface area contributed by atoms with Crippen LogP contribution in [0.3, 0.4) is 0 Å². The van der Waals surface area contributed by atoms with E-state index in [4.69, 9.17) is 35.6 Å². The highest BCUT2D eigenvalue weighted by Crippen LogP contribution is 2.49. The number of hydrogen-bond acceptors (Lipinski definition) is 0. The second-order valence-corrected chi connectivity index (χ2v) is 24.8. The van der Waals surface area contributed by atoms with Gasteiger partial charge in [0.2, 0.25) is 0 Å². The molecular formula is C102H66. The lowest BCUT2D eigenvalue weighted by molar-refractivity contribution is 1.66. The standard InChI is InChI=1S/3C34H22/c3*1-2-11-25(12-3-1)33-28-14-6-8-16-30(28)34(31-17-9-7-15-29(31)33)26-21-20-24-19-18-23-10-4-5-13-27(23)32(24)22-26/h3*1-22H/i1D,6D,7D,8D,9D,11D,12D,14D,16D,17D;1D,6D,7D,8D,9D,14D,15D,16D,17D;1D,6D,8D,11D,12D,14D,16D. The van der Waals surface area contributed by atoms with E-state index in [-0.39, 0.29) is 192 Å². The molecule has 0 bridgehead atoms. The van der Waals surface area contributed by atoms with Crippen LogP contribution in [0.4, 0.5) is 0 Å². The van der Waals surface area contributed by atoms with E-state index < -0.39 is 36.3 Å². The maximum atomic E-state index is 9.09. The lowest BCUT2D eigenvalue weighted by Crippen LogP contribution is -1.91. The molecule has 0 aliphatic carbocycles. The summed E-state index contributed by atoms with van der Waals surface area (Å²) in [6.45, 7) is 0. The van der Waals surface area contributed by atoms with Gasteiger partial charge in [-0.2, -0.15) is 0 Å². The van der Waals surface area contributed by atoms with Gasteiger partial charge in [0.1, 0.15) is 0 Å². The molecule has 102 heavy (non-hydrogen) atoms. The molecule has 21 rings (SSSR count). The van der Waals surface area contributed by atoms with Crippen molar-refractivity contribution < 1.29 is 35.6 Å². The highest BCUT2D eigenvalue weighted by Gasteiger charge is 2.21. The van der Waals surface area contributed by atoms with Gasteiger partial charge in [-0.25, -0.2) is 0 Å². The Morgan fingerprint density at radius 3 is 0.706 bits per heavy atom. The molecule has 0 saturated heterocycles. The first kappa shape index (κ1) is 38.8. The predicted molar refractivity (Wildman–Crippen MR) is 442 cm³/mol. The van der Waals surface area contributed by atoms with Crippen molar-refractivity contribution in [3.05, 3.63) is 400 Å². The first-order valence-corrected chi connectivity index (χ1v) is 33.2. The van der Waals surface area contributed by atoms with E-state index >= 15 is 0 Å². The normalized spacial score (nSPS) is 15.1. The molecule has 0 heterocycles. The Morgan fingerprint density at radius 2 is 0.363 bits per heavy atom. The Kier molecular flexibility index (Phi) is 9.71. The van der Waals surface area contributed by atoms with E-state index in [1.54, 1.807) is 24.3 Å². The van der Waals surface area contributed by atoms with Crippen LogP contribution in [0.25, 0.3) is 196 Å². The summed E-state index contributed by atoms with van der Waals surface area (Å²) in [6, 6.07) is 67.2. The fraction of sp³-hybridized carbons (Fsp3) is 0. The van der Waals surface area contributed by atoms with Crippen molar-refractivity contribution >= 4 is 129 Å². The molecule has 0 nitrogen and oxygen atoms in total. The minimum atomic E-state index is -0.497. The van der Waals surface area contributed by atoms with Crippen LogP contribution in [0.2, 0.25) is 0 Å². The van der Waals surface area contributed by atoms with Crippen LogP contribution in [0.1, 0.15) is 35.6 Å². The Hall–Kier alpha value is -13.3. The van der Waals surface area contributed by atoms with Crippen LogP contribution in [-0.4, -0.2) is 0 Å². The maximum absolute atomic E-state index is 9.09. The third kappa shape index (κ3) is 10.4. The lowest BCUT2D eigenvalue weighted by Gasteiger charge is -2.18. The molecular weight excluding hydrogens is 1230 g/mol. The molecule has 0 aliphatic heterocycles. The summed E-state index contributed by atoms with van der Waals surface area (Å²) in [6.07, 6.45) is 0. The van der Waals surface area contributed by atoms with Gasteiger partial charge in [-0.3, -0.25) is 0 Å². The maximum Gasteiger partial charge on any atom is 0.0629 e. The summed E-state index contributed by atoms with van der Waals surface area (Å²) in [4.78, 5) is 0. The molecule has 0 fully saturated rings. The second-order valence-electron chi connectivity index (χ2n) is 24.8. The van der Waals surface area contributed by atoms with Crippen LogP contribution in [0, 0.1) is 0 Å². The highest BCUT2D eigenvalue weighted by atomic mass is 14.2. The second kappa shape index (κ2) is 25.5. The van der Waals surface area contributed by atoms with E-state index in [1.165, 1.54) is 30.3 Å². The van der Waals surface area contributed by atoms with Crippen LogP contribution < -0.4 is 0 Å². The van der Waals surface area contributed by atoms with E-state index in [9.17, 15) is 0 Å². The Morgan fingerprint density at radius 1 is 0.127 bits per heavy atom. The van der Waals surface area contributed by atoms with Crippen molar-refractivity contribution in [2.24, 2.45) is 0 Å². The van der Waals surface area contributed by atoms with Gasteiger partial charge in [-0.15, -0.1) is 0 Å². The monoisotopic (exact) mass is 1320 g/mol. The molecule has 0 saturated carbocycles. The van der Waals surface area contributed by atoms with E-state index in [1.807, 2.05) is 158 Å². The van der Waals surface area contributed by atoms with Crippen LogP contribution in [-0.2, 0) is 0 Å². The molecule has 21 aromatic rings. The molecule has 0 aromatic heterocycles. The SMILES string of the molecule is [2H]c1cc([2H])c(-c2c3cc([2H])c([2H])c([2H])c3c(-c3ccc4ccc5ccccc5c4c3)c3c([2H])c([2H])c([2H])c([2H])c23)c([2H])c1.[2H]c1cc([2H])c(-c2c3ccccc3c(-c3ccc4ccc5ccccc5c4c3)c3c([2H])c([2H])c([2H])c([2H])c23)c([2H])c1.[2H]c1ccc(-c2c3c([2H])c([2H])c([2H])c([2H])c3c(-c3ccc4ccc5ccccc5c4c3)c3c([2H])c([2H])c([2H])c([2H])c23)cc1. The average Bonchev–Trinajstić information content (AvgIpc) is 0.707. The summed E-state index contributed by atoms with van der Waals surface area (Å²) >= 11 is 0. The van der Waals surface area contributed by atoms with Crippen molar-refractivity contribution in [2.45, 2.75) is 0 Å². The predicted octanol–water partition coefficient (Wildman–Crippen LogP) is 28.9. The topological polar surface area (TPSA) is 0 Å². The van der Waals surface area contributed by atoms with Crippen molar-refractivity contribution in [3.8, 4) is 66.8 Å². The average molecular weight is 1320 g/mol. The van der Waals surface area contributed by atoms with Gasteiger partial charge in [-0.05, 0) is 214 Å². The molecule has 0 radical (unpaired) electrons. The fourth-order valence-electron chi connectivity index (χ4n) is 14.8. The van der Waals surface area contributed by atoms with Gasteiger partial charge in [0, 0.05) is 0 Å². The molecule has 21 aromatic carbocycles. The van der Waals surface area contributed by atoms with Crippen molar-refractivity contribution in [2.75, 3.05) is 0 Å². The minimum Gasteiger partial charge on any atom is -0.0622 e. The minimum absolute atomic E-state index is 0.0219. The van der Waals surface area contributed by atoms with Gasteiger partial charge < -0.3 is 0 Å². The third-order valence-electron chi connectivity index (χ3n) is 19.3. The van der Waals surface area contributed by atoms with Gasteiger partial charge >= 0.3 is 0 Å². The zero-order valence-electron chi connectivity index (χ0n) is 80.1. The summed E-state index contributed by atoms with van der Waals surface area (Å²) in [5, 5.41) is 15.3. The third-order valence-corrected chi connectivity index (χ3v) is 19.3. The van der Waals surface area contributed by atoms with Gasteiger partial charge in [-0.1, -0.05) is 382 Å². The zero-order valence-corrected chi connectivity index (χ0v) is 54.1. The Bertz CT molecular complexity index is 8390. The Labute approximate surface area is 629 Å². The Balaban J connectivity index is 0.000000125. The van der Waals surface area contributed by atoms with Crippen molar-refractivity contribution in [1.82, 2.24) is 0 Å². The molecule has 0 amide bonds. The first-order valence-electron chi connectivity index (χ1n) is 46.2. The molecule has 0 unspecified atom stereocenters. The molecule has 0 spiro atoms. The fourth-order valence-corrected chi connectivity index (χ4v) is 14.8. The summed E-state index contributed by atoms with van der Waals surface area (Å²) in [5.41, 5.74) is 4.79. The lowest BCUT2D eigenvalue weighted by atomic mass is 9.85. The quantitative estimate of drug-likeness (QED) is 0.115. The summed E-state index contributed by atoms with van der Waals surface area (Å²) in [5.74, 6) is 0. The summed E-state index contributed by atoms with van der Waals surface area (Å²) in [7, 11) is 0. The molecule has 0 atom stereocenters. The molecule has 0 heteroatoms. The first-order chi connectivity index (χ1) is 61.3. The highest BCUT2D eigenvalue weighted by molar-refractivity contribution is 6.26. The van der Waals surface area contributed by atoms with E-state index in [2.05, 4.69) is 30.3 Å². The van der Waals surface area contributed by atoms with Crippen LogP contribution in [0.5, 0.6) is 0 Å². The van der Waals surface area contributed by atoms with Gasteiger partial charge in [0.25, 0.3) is 0 Å². The molecule has 0 aliphatic rings. The number of rotatable bonds is 6. The van der Waals surface area contributed by atoms with Gasteiger partial charge in [0.15, 0.2) is 0 Å².